The number of fused-ring (bicyclic) bond motifs is 1. The van der Waals surface area contributed by atoms with E-state index in [0.29, 0.717) is 25.5 Å². The number of halogens is 3. The van der Waals surface area contributed by atoms with Gasteiger partial charge in [-0.3, -0.25) is 4.79 Å². The molecule has 1 saturated carbocycles. The van der Waals surface area contributed by atoms with Crippen molar-refractivity contribution < 1.29 is 35.9 Å². The van der Waals surface area contributed by atoms with Gasteiger partial charge in [0.2, 0.25) is 15.9 Å². The molecule has 0 bridgehead atoms. The van der Waals surface area contributed by atoms with E-state index >= 15 is 0 Å². The van der Waals surface area contributed by atoms with E-state index in [9.17, 15) is 31.2 Å². The number of amides is 2. The smallest absolute Gasteiger partial charge is 0.416 e. The Labute approximate surface area is 229 Å². The average Bonchev–Trinajstić information content (AvgIpc) is 3.40. The zero-order valence-electron chi connectivity index (χ0n) is 23.4. The maximum atomic E-state index is 13.2. The van der Waals surface area contributed by atoms with Crippen molar-refractivity contribution in [1.82, 2.24) is 14.5 Å². The van der Waals surface area contributed by atoms with Crippen LogP contribution in [0.25, 0.3) is 0 Å². The van der Waals surface area contributed by atoms with Gasteiger partial charge >= 0.3 is 12.3 Å². The van der Waals surface area contributed by atoms with Crippen LogP contribution in [0.1, 0.15) is 66.4 Å². The number of carbonyl (C=O) groups is 2. The predicted octanol–water partition coefficient (Wildman–Crippen LogP) is 4.89. The third-order valence-corrected chi connectivity index (χ3v) is 9.42. The van der Waals surface area contributed by atoms with E-state index in [1.807, 2.05) is 13.8 Å². The fraction of sp³-hybridized carbons (Fsp3) is 0.704. The first-order chi connectivity index (χ1) is 17.9. The Morgan fingerprint density at radius 1 is 1.15 bits per heavy atom. The Morgan fingerprint density at radius 2 is 1.82 bits per heavy atom. The number of nitrogens with one attached hydrogen (secondary N) is 1. The maximum Gasteiger partial charge on any atom is 0.416 e. The SMILES string of the molecule is CCN(C(=O)OC(C)(C)C)C(C)C[C@H](C)C(=O)N[C@H]1CC[C@@H]2CN(S(=O)(=O)c3cccc(C(F)(F)F)c3)CC21. The third-order valence-electron chi connectivity index (χ3n) is 7.59. The summed E-state index contributed by atoms with van der Waals surface area (Å²) in [6.45, 7) is 11.7. The molecule has 220 valence electrons. The van der Waals surface area contributed by atoms with Crippen LogP contribution in [-0.4, -0.2) is 66.9 Å². The van der Waals surface area contributed by atoms with Crippen LogP contribution < -0.4 is 5.32 Å². The minimum atomic E-state index is -4.64. The Kier molecular flexibility index (Phi) is 9.31. The Hall–Kier alpha value is -2.34. The zero-order chi connectivity index (χ0) is 29.3. The topological polar surface area (TPSA) is 96.0 Å². The summed E-state index contributed by atoms with van der Waals surface area (Å²) in [7, 11) is -4.11. The lowest BCUT2D eigenvalue weighted by Crippen LogP contribution is -2.46. The second kappa shape index (κ2) is 11.6. The Balaban J connectivity index is 1.61. The number of hydrogen-bond acceptors (Lipinski definition) is 5. The van der Waals surface area contributed by atoms with Crippen LogP contribution in [0.3, 0.4) is 0 Å². The highest BCUT2D eigenvalue weighted by Crippen LogP contribution is 2.41. The second-order valence-electron chi connectivity index (χ2n) is 11.7. The number of ether oxygens (including phenoxy) is 1. The van der Waals surface area contributed by atoms with E-state index in [2.05, 4.69) is 5.32 Å². The molecule has 1 aliphatic carbocycles. The van der Waals surface area contributed by atoms with E-state index in [1.165, 1.54) is 10.4 Å². The molecule has 12 heteroatoms. The maximum absolute atomic E-state index is 13.2. The van der Waals surface area contributed by atoms with Crippen molar-refractivity contribution >= 4 is 22.0 Å². The lowest BCUT2D eigenvalue weighted by Gasteiger charge is -2.32. The minimum Gasteiger partial charge on any atom is -0.444 e. The van der Waals surface area contributed by atoms with Gasteiger partial charge in [0, 0.05) is 37.6 Å². The highest BCUT2D eigenvalue weighted by molar-refractivity contribution is 7.89. The number of rotatable bonds is 8. The van der Waals surface area contributed by atoms with Gasteiger partial charge in [-0.1, -0.05) is 13.0 Å². The monoisotopic (exact) mass is 575 g/mol. The standard InChI is InChI=1S/C27H40F3N3O5S/c1-7-33(25(35)38-26(4,5)6)18(3)13-17(2)24(34)31-23-12-11-19-15-32(16-22(19)23)39(36,37)21-10-8-9-20(14-21)27(28,29)30/h8-10,14,17-19,22-23H,7,11-13,15-16H2,1-6H3,(H,31,34)/t17-,18?,19+,22?,23-/m0/s1. The normalized spacial score (nSPS) is 23.7. The number of alkyl halides is 3. The predicted molar refractivity (Wildman–Crippen MR) is 140 cm³/mol. The van der Waals surface area contributed by atoms with Crippen LogP contribution >= 0.6 is 0 Å². The van der Waals surface area contributed by atoms with Gasteiger partial charge in [-0.2, -0.15) is 17.5 Å². The molecule has 1 saturated heterocycles. The zero-order valence-corrected chi connectivity index (χ0v) is 24.2. The molecule has 2 fully saturated rings. The van der Waals surface area contributed by atoms with E-state index in [-0.39, 0.29) is 47.8 Å². The van der Waals surface area contributed by atoms with Gasteiger partial charge in [-0.05, 0) is 83.9 Å². The summed E-state index contributed by atoms with van der Waals surface area (Å²) in [6.07, 6.45) is -3.22. The summed E-state index contributed by atoms with van der Waals surface area (Å²) >= 11 is 0. The number of nitrogens with zero attached hydrogens (tertiary/aromatic N) is 2. The molecule has 2 unspecified atom stereocenters. The van der Waals surface area contributed by atoms with Gasteiger partial charge in [0.25, 0.3) is 0 Å². The molecule has 5 atom stereocenters. The van der Waals surface area contributed by atoms with Gasteiger partial charge in [-0.15, -0.1) is 0 Å². The Morgan fingerprint density at radius 3 is 2.41 bits per heavy atom. The van der Waals surface area contributed by atoms with Gasteiger partial charge in [0.1, 0.15) is 5.60 Å². The lowest BCUT2D eigenvalue weighted by molar-refractivity contribution is -0.137. The van der Waals surface area contributed by atoms with Crippen LogP contribution in [0.2, 0.25) is 0 Å². The molecule has 39 heavy (non-hydrogen) atoms. The fourth-order valence-corrected chi connectivity index (χ4v) is 7.17. The van der Waals surface area contributed by atoms with E-state index in [0.717, 1.165) is 18.6 Å². The second-order valence-corrected chi connectivity index (χ2v) is 13.7. The summed E-state index contributed by atoms with van der Waals surface area (Å²) < 4.78 is 72.4. The molecule has 2 amide bonds. The first kappa shape index (κ1) is 31.2. The quantitative estimate of drug-likeness (QED) is 0.476. The molecule has 0 spiro atoms. The molecular weight excluding hydrogens is 535 g/mol. The summed E-state index contributed by atoms with van der Waals surface area (Å²) in [5.74, 6) is -0.672. The fourth-order valence-electron chi connectivity index (χ4n) is 5.59. The minimum absolute atomic E-state index is 0.0212. The largest absolute Gasteiger partial charge is 0.444 e. The summed E-state index contributed by atoms with van der Waals surface area (Å²) in [5, 5.41) is 3.08. The summed E-state index contributed by atoms with van der Waals surface area (Å²) in [5.41, 5.74) is -1.64. The Bertz CT molecular complexity index is 1150. The first-order valence-electron chi connectivity index (χ1n) is 13.4. The molecule has 2 aliphatic rings. The molecule has 1 aliphatic heterocycles. The van der Waals surface area contributed by atoms with E-state index in [1.54, 1.807) is 32.6 Å². The van der Waals surface area contributed by atoms with Crippen molar-refractivity contribution in [3.8, 4) is 0 Å². The van der Waals surface area contributed by atoms with Crippen molar-refractivity contribution in [3.05, 3.63) is 29.8 Å². The van der Waals surface area contributed by atoms with Crippen molar-refractivity contribution in [2.75, 3.05) is 19.6 Å². The molecule has 1 aromatic carbocycles. The first-order valence-corrected chi connectivity index (χ1v) is 14.9. The van der Waals surface area contributed by atoms with Crippen LogP contribution in [0.5, 0.6) is 0 Å². The summed E-state index contributed by atoms with van der Waals surface area (Å²) in [6, 6.07) is 3.33. The van der Waals surface area contributed by atoms with Crippen LogP contribution in [0.4, 0.5) is 18.0 Å². The molecule has 3 rings (SSSR count). The van der Waals surface area contributed by atoms with Crippen molar-refractivity contribution in [2.24, 2.45) is 17.8 Å². The van der Waals surface area contributed by atoms with Crippen LogP contribution in [0, 0.1) is 17.8 Å². The van der Waals surface area contributed by atoms with Crippen LogP contribution in [-0.2, 0) is 25.7 Å². The lowest BCUT2D eigenvalue weighted by atomic mass is 9.96. The molecule has 0 aromatic heterocycles. The number of benzene rings is 1. The van der Waals surface area contributed by atoms with Crippen molar-refractivity contribution in [1.29, 1.82) is 0 Å². The van der Waals surface area contributed by atoms with Crippen molar-refractivity contribution in [3.63, 3.8) is 0 Å². The number of carbonyl (C=O) groups excluding carboxylic acids is 2. The van der Waals surface area contributed by atoms with Gasteiger partial charge < -0.3 is 15.0 Å². The highest BCUT2D eigenvalue weighted by atomic mass is 32.2. The van der Waals surface area contributed by atoms with E-state index in [4.69, 9.17) is 4.74 Å². The summed E-state index contributed by atoms with van der Waals surface area (Å²) in [4.78, 5) is 26.8. The number of sulfonamides is 1. The average molecular weight is 576 g/mol. The molecule has 0 radical (unpaired) electrons. The number of hydrogen-bond donors (Lipinski definition) is 1. The van der Waals surface area contributed by atoms with Gasteiger partial charge in [0.15, 0.2) is 0 Å². The van der Waals surface area contributed by atoms with Crippen LogP contribution in [0.15, 0.2) is 29.2 Å². The van der Waals surface area contributed by atoms with Crippen molar-refractivity contribution in [2.45, 2.75) is 89.6 Å². The van der Waals surface area contributed by atoms with E-state index < -0.39 is 39.4 Å². The molecule has 1 heterocycles. The molecular formula is C27H40F3N3O5S. The van der Waals surface area contributed by atoms with Gasteiger partial charge in [-0.25, -0.2) is 13.2 Å². The molecule has 8 nitrogen and oxygen atoms in total. The highest BCUT2D eigenvalue weighted by Gasteiger charge is 2.47. The molecule has 1 aromatic rings. The third kappa shape index (κ3) is 7.45. The van der Waals surface area contributed by atoms with Gasteiger partial charge in [0.05, 0.1) is 10.5 Å². The molecule has 1 N–H and O–H groups in total.